The normalized spacial score (nSPS) is 27.5. The molecule has 16 heavy (non-hydrogen) atoms. The zero-order valence-corrected chi connectivity index (χ0v) is 9.86. The minimum absolute atomic E-state index is 1.09. The predicted molar refractivity (Wildman–Crippen MR) is 71.3 cm³/mol. The van der Waals surface area contributed by atoms with Gasteiger partial charge in [-0.05, 0) is 49.7 Å². The van der Waals surface area contributed by atoms with Crippen molar-refractivity contribution in [2.24, 2.45) is 0 Å². The maximum absolute atomic E-state index is 2.39. The molecule has 0 heteroatoms. The maximum Gasteiger partial charge on any atom is -0.0163 e. The summed E-state index contributed by atoms with van der Waals surface area (Å²) in [5.74, 6) is 0. The lowest BCUT2D eigenvalue weighted by Gasteiger charge is -2.11. The van der Waals surface area contributed by atoms with Crippen LogP contribution in [0.2, 0.25) is 0 Å². The summed E-state index contributed by atoms with van der Waals surface area (Å²) in [7, 11) is 0. The second-order valence-electron chi connectivity index (χ2n) is 4.35. The quantitative estimate of drug-likeness (QED) is 0.544. The van der Waals surface area contributed by atoms with E-state index in [4.69, 9.17) is 0 Å². The van der Waals surface area contributed by atoms with E-state index in [1.807, 2.05) is 0 Å². The average Bonchev–Trinajstić information content (AvgIpc) is 2.18. The molecule has 2 aliphatic rings. The molecule has 0 saturated heterocycles. The van der Waals surface area contributed by atoms with Crippen molar-refractivity contribution in [1.82, 2.24) is 0 Å². The van der Waals surface area contributed by atoms with Gasteiger partial charge in [-0.2, -0.15) is 0 Å². The van der Waals surface area contributed by atoms with E-state index in [2.05, 4.69) is 48.6 Å². The molecule has 0 bridgehead atoms. The molecule has 0 amide bonds. The van der Waals surface area contributed by atoms with Gasteiger partial charge >= 0.3 is 0 Å². The Bertz CT molecular complexity index is 361. The molecule has 2 rings (SSSR count). The first-order valence-corrected chi connectivity index (χ1v) is 6.34. The van der Waals surface area contributed by atoms with E-state index in [1.54, 1.807) is 0 Å². The molecule has 0 unspecified atom stereocenters. The maximum atomic E-state index is 2.39. The number of hydrogen-bond donors (Lipinski definition) is 0. The van der Waals surface area contributed by atoms with Crippen LogP contribution in [0.15, 0.2) is 59.8 Å². The molecular weight excluding hydrogens is 192 g/mol. The van der Waals surface area contributed by atoms with Gasteiger partial charge in [0.15, 0.2) is 0 Å². The molecule has 0 aromatic carbocycles. The van der Waals surface area contributed by atoms with E-state index in [-0.39, 0.29) is 0 Å². The molecule has 0 heterocycles. The summed E-state index contributed by atoms with van der Waals surface area (Å²) in [5, 5.41) is 0. The van der Waals surface area contributed by atoms with Gasteiger partial charge in [0.1, 0.15) is 0 Å². The Morgan fingerprint density at radius 2 is 1.81 bits per heavy atom. The lowest BCUT2D eigenvalue weighted by Crippen LogP contribution is -1.91. The van der Waals surface area contributed by atoms with Gasteiger partial charge in [-0.15, -0.1) is 0 Å². The number of hydrogen-bond acceptors (Lipinski definition) is 0. The Kier molecular flexibility index (Phi) is 4.42. The van der Waals surface area contributed by atoms with Gasteiger partial charge < -0.3 is 0 Å². The average molecular weight is 212 g/mol. The fourth-order valence-corrected chi connectivity index (χ4v) is 2.17. The van der Waals surface area contributed by atoms with Crippen molar-refractivity contribution in [2.75, 3.05) is 0 Å². The number of rotatable bonds is 1. The topological polar surface area (TPSA) is 0 Å². The molecule has 0 radical (unpaired) electrons. The molecule has 0 nitrogen and oxygen atoms in total. The fraction of sp³-hybridized carbons (Fsp3) is 0.375. The second kappa shape index (κ2) is 6.32. The highest BCUT2D eigenvalue weighted by atomic mass is 14.1. The van der Waals surface area contributed by atoms with Crippen molar-refractivity contribution >= 4 is 0 Å². The molecule has 84 valence electrons. The Hall–Kier alpha value is -1.30. The summed E-state index contributed by atoms with van der Waals surface area (Å²) in [4.78, 5) is 0. The van der Waals surface area contributed by atoms with Gasteiger partial charge in [0.25, 0.3) is 0 Å². The third-order valence-corrected chi connectivity index (χ3v) is 3.08. The van der Waals surface area contributed by atoms with Crippen molar-refractivity contribution in [3.63, 3.8) is 0 Å². The zero-order chi connectivity index (χ0) is 11.1. The van der Waals surface area contributed by atoms with Crippen LogP contribution >= 0.6 is 0 Å². The van der Waals surface area contributed by atoms with E-state index < -0.39 is 0 Å². The van der Waals surface area contributed by atoms with Gasteiger partial charge in [-0.25, -0.2) is 0 Å². The van der Waals surface area contributed by atoms with Crippen LogP contribution in [0.5, 0.6) is 0 Å². The lowest BCUT2D eigenvalue weighted by molar-refractivity contribution is 0.826. The minimum Gasteiger partial charge on any atom is -0.0882 e. The first-order chi connectivity index (χ1) is 7.97. The summed E-state index contributed by atoms with van der Waals surface area (Å²) in [6, 6.07) is 0. The van der Waals surface area contributed by atoms with Crippen molar-refractivity contribution in [3.05, 3.63) is 59.8 Å². The SMILES string of the molecule is C1=C(C2=CC/C=C\CCC2)/C=C\C=C/CC1. The lowest BCUT2D eigenvalue weighted by atomic mass is 9.95. The summed E-state index contributed by atoms with van der Waals surface area (Å²) in [6.45, 7) is 0. The molecule has 0 aromatic rings. The van der Waals surface area contributed by atoms with Crippen LogP contribution in [0, 0.1) is 0 Å². The first kappa shape index (κ1) is 11.2. The molecular formula is C16H20. The van der Waals surface area contributed by atoms with E-state index in [1.165, 1.54) is 43.3 Å². The standard InChI is InChI=1S/C16H20/c1-3-7-11-15(12-8-4-1)16-13-9-5-2-6-10-14-16/h1-3,5,7,11-13H,4,6,8-10,14H2/b3-1-,5-2-,11-7-,15-12?,16-13?. The Morgan fingerprint density at radius 3 is 2.81 bits per heavy atom. The zero-order valence-electron chi connectivity index (χ0n) is 9.86. The van der Waals surface area contributed by atoms with E-state index in [9.17, 15) is 0 Å². The highest BCUT2D eigenvalue weighted by molar-refractivity contribution is 5.41. The molecule has 0 N–H and O–H groups in total. The third-order valence-electron chi connectivity index (χ3n) is 3.08. The van der Waals surface area contributed by atoms with E-state index >= 15 is 0 Å². The summed E-state index contributed by atoms with van der Waals surface area (Å²) in [5.41, 5.74) is 2.98. The molecule has 0 saturated carbocycles. The molecule has 0 spiro atoms. The second-order valence-corrected chi connectivity index (χ2v) is 4.35. The molecule has 0 atom stereocenters. The van der Waals surface area contributed by atoms with E-state index in [0.717, 1.165) is 6.42 Å². The summed E-state index contributed by atoms with van der Waals surface area (Å²) < 4.78 is 0. The monoisotopic (exact) mass is 212 g/mol. The van der Waals surface area contributed by atoms with Gasteiger partial charge in [0.2, 0.25) is 0 Å². The largest absolute Gasteiger partial charge is 0.0882 e. The van der Waals surface area contributed by atoms with E-state index in [0.29, 0.717) is 0 Å². The van der Waals surface area contributed by atoms with Crippen LogP contribution in [0.4, 0.5) is 0 Å². The van der Waals surface area contributed by atoms with Crippen LogP contribution in [-0.2, 0) is 0 Å². The molecule has 0 aliphatic heterocycles. The van der Waals surface area contributed by atoms with Crippen molar-refractivity contribution in [1.29, 1.82) is 0 Å². The van der Waals surface area contributed by atoms with Gasteiger partial charge in [0.05, 0.1) is 0 Å². The Morgan fingerprint density at radius 1 is 0.812 bits per heavy atom. The fourth-order valence-electron chi connectivity index (χ4n) is 2.17. The summed E-state index contributed by atoms with van der Waals surface area (Å²) >= 11 is 0. The predicted octanol–water partition coefficient (Wildman–Crippen LogP) is 4.88. The third kappa shape index (κ3) is 3.37. The molecule has 0 aromatic heterocycles. The highest BCUT2D eigenvalue weighted by Crippen LogP contribution is 2.23. The van der Waals surface area contributed by atoms with Crippen LogP contribution in [0.3, 0.4) is 0 Å². The number of allylic oxidation sites excluding steroid dienone is 10. The van der Waals surface area contributed by atoms with Gasteiger partial charge in [-0.1, -0.05) is 48.6 Å². The van der Waals surface area contributed by atoms with Crippen molar-refractivity contribution in [3.8, 4) is 0 Å². The molecule has 2 aliphatic carbocycles. The van der Waals surface area contributed by atoms with Crippen molar-refractivity contribution in [2.45, 2.75) is 38.5 Å². The van der Waals surface area contributed by atoms with Crippen LogP contribution < -0.4 is 0 Å². The van der Waals surface area contributed by atoms with Gasteiger partial charge in [0, 0.05) is 0 Å². The summed E-state index contributed by atoms with van der Waals surface area (Å²) in [6.07, 6.45) is 25.4. The minimum atomic E-state index is 1.09. The van der Waals surface area contributed by atoms with Crippen LogP contribution in [0.25, 0.3) is 0 Å². The van der Waals surface area contributed by atoms with Crippen molar-refractivity contribution < 1.29 is 0 Å². The Labute approximate surface area is 98.8 Å². The first-order valence-electron chi connectivity index (χ1n) is 6.34. The van der Waals surface area contributed by atoms with Crippen LogP contribution in [-0.4, -0.2) is 0 Å². The van der Waals surface area contributed by atoms with Gasteiger partial charge in [-0.3, -0.25) is 0 Å². The smallest absolute Gasteiger partial charge is 0.0163 e. The molecule has 0 fully saturated rings. The Balaban J connectivity index is 2.14. The highest BCUT2D eigenvalue weighted by Gasteiger charge is 2.03. The van der Waals surface area contributed by atoms with Crippen LogP contribution in [0.1, 0.15) is 38.5 Å².